The van der Waals surface area contributed by atoms with Crippen LogP contribution in [0.5, 0.6) is 23.0 Å². The molecule has 1 saturated heterocycles. The summed E-state index contributed by atoms with van der Waals surface area (Å²) < 4.78 is 36.4. The van der Waals surface area contributed by atoms with Crippen molar-refractivity contribution < 1.29 is 38.0 Å². The maximum absolute atomic E-state index is 13.9. The standard InChI is InChI=1S/C29H25FN2O7S/c1-5-39-18-9-6-15(7-10-18)25(33)23-24(16-12-20(36-2)27(38-4)21(13-16)37-3)32(28(35)26(23)34)29-31-19-11-8-17(30)14-22(19)40-29/h6-14,24,33H,5H2,1-4H3/t24-/m0/s1. The highest BCUT2D eigenvalue weighted by molar-refractivity contribution is 7.22. The van der Waals surface area contributed by atoms with Crippen molar-refractivity contribution in [1.29, 1.82) is 0 Å². The van der Waals surface area contributed by atoms with Gasteiger partial charge in [0.1, 0.15) is 17.3 Å². The molecule has 0 saturated carbocycles. The minimum Gasteiger partial charge on any atom is -0.507 e. The number of fused-ring (bicyclic) bond motifs is 1. The van der Waals surface area contributed by atoms with E-state index in [4.69, 9.17) is 18.9 Å². The third-order valence-electron chi connectivity index (χ3n) is 6.43. The van der Waals surface area contributed by atoms with E-state index in [0.717, 1.165) is 11.3 Å². The zero-order valence-electron chi connectivity index (χ0n) is 22.1. The molecule has 0 bridgehead atoms. The van der Waals surface area contributed by atoms with Gasteiger partial charge in [0.2, 0.25) is 5.75 Å². The monoisotopic (exact) mass is 564 g/mol. The third kappa shape index (κ3) is 4.58. The van der Waals surface area contributed by atoms with Gasteiger partial charge in [-0.25, -0.2) is 9.37 Å². The highest BCUT2D eigenvalue weighted by Gasteiger charge is 2.48. The van der Waals surface area contributed by atoms with Crippen LogP contribution in [-0.2, 0) is 9.59 Å². The number of aliphatic hydroxyl groups excluding tert-OH is 1. The molecule has 5 rings (SSSR count). The predicted molar refractivity (Wildman–Crippen MR) is 148 cm³/mol. The number of carbonyl (C=O) groups excluding carboxylic acids is 2. The number of hydrogen-bond donors (Lipinski definition) is 1. The van der Waals surface area contributed by atoms with Gasteiger partial charge >= 0.3 is 5.91 Å². The fraction of sp³-hybridized carbons (Fsp3) is 0.207. The SMILES string of the molecule is CCOc1ccc(C(O)=C2C(=O)C(=O)N(c3nc4ccc(F)cc4s3)[C@H]2c2cc(OC)c(OC)c(OC)c2)cc1. The number of rotatable bonds is 8. The molecule has 1 N–H and O–H groups in total. The fourth-order valence-electron chi connectivity index (χ4n) is 4.62. The normalized spacial score (nSPS) is 16.4. The maximum Gasteiger partial charge on any atom is 0.301 e. The summed E-state index contributed by atoms with van der Waals surface area (Å²) in [6.07, 6.45) is 0. The van der Waals surface area contributed by atoms with Gasteiger partial charge < -0.3 is 24.1 Å². The van der Waals surface area contributed by atoms with E-state index in [1.54, 1.807) is 36.4 Å². The molecule has 1 atom stereocenters. The van der Waals surface area contributed by atoms with Crippen molar-refractivity contribution in [2.45, 2.75) is 13.0 Å². The molecule has 1 amide bonds. The molecule has 0 unspecified atom stereocenters. The Hall–Kier alpha value is -4.64. The molecular weight excluding hydrogens is 539 g/mol. The van der Waals surface area contributed by atoms with Crippen LogP contribution in [-0.4, -0.2) is 49.7 Å². The number of amides is 1. The summed E-state index contributed by atoms with van der Waals surface area (Å²) in [6, 6.07) is 12.7. The topological polar surface area (TPSA) is 107 Å². The molecule has 0 radical (unpaired) electrons. The van der Waals surface area contributed by atoms with Crippen LogP contribution in [0.3, 0.4) is 0 Å². The van der Waals surface area contributed by atoms with Gasteiger partial charge in [0.05, 0.1) is 49.8 Å². The Kier molecular flexibility index (Phi) is 7.31. The smallest absolute Gasteiger partial charge is 0.301 e. The van der Waals surface area contributed by atoms with Crippen LogP contribution in [0.4, 0.5) is 9.52 Å². The number of nitrogens with zero attached hydrogens (tertiary/aromatic N) is 2. The minimum atomic E-state index is -1.12. The first kappa shape index (κ1) is 26.9. The van der Waals surface area contributed by atoms with Crippen LogP contribution in [0.2, 0.25) is 0 Å². The van der Waals surface area contributed by atoms with E-state index in [0.29, 0.717) is 39.4 Å². The lowest BCUT2D eigenvalue weighted by Crippen LogP contribution is -2.29. The summed E-state index contributed by atoms with van der Waals surface area (Å²) in [4.78, 5) is 32.8. The van der Waals surface area contributed by atoms with Crippen molar-refractivity contribution in [2.24, 2.45) is 0 Å². The van der Waals surface area contributed by atoms with Gasteiger partial charge in [0, 0.05) is 5.56 Å². The highest BCUT2D eigenvalue weighted by Crippen LogP contribution is 2.48. The number of thiazole rings is 1. The molecular formula is C29H25FN2O7S. The molecule has 1 aliphatic heterocycles. The number of anilines is 1. The summed E-state index contributed by atoms with van der Waals surface area (Å²) in [6.45, 7) is 2.31. The Morgan fingerprint density at radius 3 is 2.27 bits per heavy atom. The highest BCUT2D eigenvalue weighted by atomic mass is 32.1. The lowest BCUT2D eigenvalue weighted by atomic mass is 9.94. The van der Waals surface area contributed by atoms with Crippen molar-refractivity contribution >= 4 is 44.1 Å². The Morgan fingerprint density at radius 2 is 1.68 bits per heavy atom. The van der Waals surface area contributed by atoms with Crippen molar-refractivity contribution in [3.05, 3.63) is 77.1 Å². The Balaban J connectivity index is 1.75. The molecule has 40 heavy (non-hydrogen) atoms. The van der Waals surface area contributed by atoms with E-state index >= 15 is 0 Å². The second-order valence-corrected chi connectivity index (χ2v) is 9.70. The van der Waals surface area contributed by atoms with Crippen molar-refractivity contribution in [3.8, 4) is 23.0 Å². The average Bonchev–Trinajstić information content (AvgIpc) is 3.49. The number of methoxy groups -OCH3 is 3. The van der Waals surface area contributed by atoms with Gasteiger partial charge in [-0.05, 0) is 67.1 Å². The van der Waals surface area contributed by atoms with Crippen molar-refractivity contribution in [1.82, 2.24) is 4.98 Å². The number of benzene rings is 3. The quantitative estimate of drug-likeness (QED) is 0.170. The Labute approximate surface area is 233 Å². The number of carbonyl (C=O) groups is 2. The van der Waals surface area contributed by atoms with Crippen LogP contribution < -0.4 is 23.8 Å². The zero-order valence-corrected chi connectivity index (χ0v) is 22.9. The summed E-state index contributed by atoms with van der Waals surface area (Å²) in [5.41, 5.74) is 1.00. The number of Topliss-reactive ketones (excluding diaryl/α,β-unsaturated/α-hetero) is 1. The fourth-order valence-corrected chi connectivity index (χ4v) is 5.64. The van der Waals surface area contributed by atoms with Gasteiger partial charge in [0.25, 0.3) is 5.78 Å². The number of hydrogen-bond acceptors (Lipinski definition) is 9. The first-order valence-electron chi connectivity index (χ1n) is 12.2. The molecule has 3 aromatic carbocycles. The van der Waals surface area contributed by atoms with E-state index in [9.17, 15) is 19.1 Å². The first-order valence-corrected chi connectivity index (χ1v) is 13.0. The van der Waals surface area contributed by atoms with Crippen LogP contribution in [0.1, 0.15) is 24.1 Å². The molecule has 1 aliphatic rings. The summed E-state index contributed by atoms with van der Waals surface area (Å²) in [5, 5.41) is 11.6. The molecule has 1 aromatic heterocycles. The lowest BCUT2D eigenvalue weighted by molar-refractivity contribution is -0.132. The molecule has 9 nitrogen and oxygen atoms in total. The Morgan fingerprint density at radius 1 is 1.00 bits per heavy atom. The molecule has 0 aliphatic carbocycles. The second-order valence-electron chi connectivity index (χ2n) is 8.69. The molecule has 11 heteroatoms. The predicted octanol–water partition coefficient (Wildman–Crippen LogP) is 5.49. The van der Waals surface area contributed by atoms with Gasteiger partial charge in [-0.1, -0.05) is 11.3 Å². The van der Waals surface area contributed by atoms with Crippen LogP contribution in [0.25, 0.3) is 16.0 Å². The number of ether oxygens (including phenoxy) is 4. The van der Waals surface area contributed by atoms with Crippen LogP contribution in [0.15, 0.2) is 60.2 Å². The largest absolute Gasteiger partial charge is 0.507 e. The van der Waals surface area contributed by atoms with E-state index < -0.39 is 23.5 Å². The van der Waals surface area contributed by atoms with Crippen molar-refractivity contribution in [2.75, 3.05) is 32.8 Å². The number of ketones is 1. The molecule has 4 aromatic rings. The summed E-state index contributed by atoms with van der Waals surface area (Å²) in [5.74, 6) is -1.17. The average molecular weight is 565 g/mol. The van der Waals surface area contributed by atoms with Crippen LogP contribution in [0, 0.1) is 5.82 Å². The third-order valence-corrected chi connectivity index (χ3v) is 7.45. The van der Waals surface area contributed by atoms with E-state index in [1.165, 1.54) is 44.4 Å². The van der Waals surface area contributed by atoms with Gasteiger partial charge in [-0.15, -0.1) is 0 Å². The lowest BCUT2D eigenvalue weighted by Gasteiger charge is -2.24. The molecule has 206 valence electrons. The van der Waals surface area contributed by atoms with E-state index in [1.807, 2.05) is 6.92 Å². The summed E-state index contributed by atoms with van der Waals surface area (Å²) in [7, 11) is 4.35. The molecule has 1 fully saturated rings. The van der Waals surface area contributed by atoms with E-state index in [2.05, 4.69) is 4.98 Å². The van der Waals surface area contributed by atoms with Gasteiger partial charge in [0.15, 0.2) is 16.6 Å². The van der Waals surface area contributed by atoms with E-state index in [-0.39, 0.29) is 28.0 Å². The minimum absolute atomic E-state index is 0.158. The maximum atomic E-state index is 13.9. The first-order chi connectivity index (χ1) is 19.3. The number of aliphatic hydroxyl groups is 1. The van der Waals surface area contributed by atoms with Gasteiger partial charge in [-0.2, -0.15) is 0 Å². The number of aromatic nitrogens is 1. The second kappa shape index (κ2) is 10.9. The van der Waals surface area contributed by atoms with Crippen LogP contribution >= 0.6 is 11.3 Å². The zero-order chi connectivity index (χ0) is 28.6. The number of halogens is 1. The van der Waals surface area contributed by atoms with Gasteiger partial charge in [-0.3, -0.25) is 14.5 Å². The summed E-state index contributed by atoms with van der Waals surface area (Å²) >= 11 is 1.05. The molecule has 0 spiro atoms. The molecule has 2 heterocycles. The Bertz CT molecular complexity index is 1620. The van der Waals surface area contributed by atoms with Crippen molar-refractivity contribution in [3.63, 3.8) is 0 Å².